The average molecular weight is 156 g/mol. The van der Waals surface area contributed by atoms with Gasteiger partial charge in [-0.1, -0.05) is 0 Å². The molecule has 0 spiro atoms. The van der Waals surface area contributed by atoms with Gasteiger partial charge in [0.2, 0.25) is 0 Å². The third-order valence-electron chi connectivity index (χ3n) is 1.19. The van der Waals surface area contributed by atoms with Crippen LogP contribution in [0.4, 0.5) is 0 Å². The molecule has 0 bridgehead atoms. The second-order valence-corrected chi connectivity index (χ2v) is 3.53. The highest BCUT2D eigenvalue weighted by Crippen LogP contribution is 2.14. The summed E-state index contributed by atoms with van der Waals surface area (Å²) in [5.41, 5.74) is -0.394. The Morgan fingerprint density at radius 2 is 2.00 bits per heavy atom. The summed E-state index contributed by atoms with van der Waals surface area (Å²) in [6.07, 6.45) is 1.30. The van der Waals surface area contributed by atoms with E-state index in [1.165, 1.54) is 0 Å². The van der Waals surface area contributed by atoms with Crippen molar-refractivity contribution in [2.24, 2.45) is 5.41 Å². The molecule has 64 valence electrons. The highest BCUT2D eigenvalue weighted by molar-refractivity contribution is 5.75. The molecule has 0 aliphatic heterocycles. The van der Waals surface area contributed by atoms with E-state index in [9.17, 15) is 4.79 Å². The summed E-state index contributed by atoms with van der Waals surface area (Å²) in [5.74, 6) is -0.161. The minimum atomic E-state index is -0.394. The lowest BCUT2D eigenvalue weighted by Gasteiger charge is -2.15. The lowest BCUT2D eigenvalue weighted by molar-refractivity contribution is -0.153. The third kappa shape index (κ3) is 4.82. The SMILES string of the molecule is [CH]CCCOC(=O)C(C)(C)C. The minimum absolute atomic E-state index is 0.161. The Bertz CT molecular complexity index is 122. The van der Waals surface area contributed by atoms with Crippen molar-refractivity contribution < 1.29 is 9.53 Å². The summed E-state index contributed by atoms with van der Waals surface area (Å²) in [6.45, 7) is 11.2. The molecule has 11 heavy (non-hydrogen) atoms. The third-order valence-corrected chi connectivity index (χ3v) is 1.19. The number of carbonyl (C=O) groups excluding carboxylic acids is 1. The van der Waals surface area contributed by atoms with Crippen LogP contribution in [0.2, 0.25) is 0 Å². The number of hydrogen-bond donors (Lipinski definition) is 0. The van der Waals surface area contributed by atoms with Crippen LogP contribution < -0.4 is 0 Å². The lowest BCUT2D eigenvalue weighted by Crippen LogP contribution is -2.23. The normalized spacial score (nSPS) is 11.3. The van der Waals surface area contributed by atoms with Crippen molar-refractivity contribution in [2.45, 2.75) is 33.6 Å². The molecule has 0 aliphatic carbocycles. The van der Waals surface area contributed by atoms with E-state index in [0.29, 0.717) is 13.0 Å². The van der Waals surface area contributed by atoms with Crippen LogP contribution in [0, 0.1) is 12.3 Å². The van der Waals surface area contributed by atoms with Gasteiger partial charge in [0.05, 0.1) is 12.0 Å². The summed E-state index contributed by atoms with van der Waals surface area (Å²) in [6, 6.07) is 0. The zero-order valence-electron chi connectivity index (χ0n) is 7.52. The largest absolute Gasteiger partial charge is 0.465 e. The lowest BCUT2D eigenvalue weighted by atomic mass is 9.97. The average Bonchev–Trinajstić information content (AvgIpc) is 1.86. The Labute approximate surface area is 68.9 Å². The highest BCUT2D eigenvalue weighted by Gasteiger charge is 2.22. The molecule has 0 aliphatic rings. The molecule has 0 heterocycles. The second kappa shape index (κ2) is 4.37. The van der Waals surface area contributed by atoms with Gasteiger partial charge < -0.3 is 4.74 Å². The molecule has 0 aromatic heterocycles. The highest BCUT2D eigenvalue weighted by atomic mass is 16.5. The van der Waals surface area contributed by atoms with Crippen molar-refractivity contribution in [3.05, 3.63) is 6.92 Å². The van der Waals surface area contributed by atoms with Gasteiger partial charge in [-0.2, -0.15) is 0 Å². The van der Waals surface area contributed by atoms with Crippen molar-refractivity contribution in [1.29, 1.82) is 0 Å². The van der Waals surface area contributed by atoms with Crippen LogP contribution in [-0.4, -0.2) is 12.6 Å². The van der Waals surface area contributed by atoms with Gasteiger partial charge in [0.1, 0.15) is 0 Å². The molecule has 2 heteroatoms. The Hall–Kier alpha value is -0.530. The number of esters is 1. The Balaban J connectivity index is 3.54. The number of rotatable bonds is 3. The van der Waals surface area contributed by atoms with Gasteiger partial charge in [0.25, 0.3) is 0 Å². The predicted octanol–water partition coefficient (Wildman–Crippen LogP) is 2.07. The van der Waals surface area contributed by atoms with E-state index >= 15 is 0 Å². The fourth-order valence-corrected chi connectivity index (χ4v) is 0.465. The maximum atomic E-state index is 11.1. The van der Waals surface area contributed by atoms with E-state index in [2.05, 4.69) is 0 Å². The maximum absolute atomic E-state index is 11.1. The van der Waals surface area contributed by atoms with Gasteiger partial charge in [0.15, 0.2) is 0 Å². The van der Waals surface area contributed by atoms with Gasteiger partial charge >= 0.3 is 5.97 Å². The van der Waals surface area contributed by atoms with Crippen LogP contribution in [0.25, 0.3) is 0 Å². The van der Waals surface area contributed by atoms with Crippen LogP contribution in [-0.2, 0) is 9.53 Å². The van der Waals surface area contributed by atoms with E-state index in [-0.39, 0.29) is 5.97 Å². The number of ether oxygens (including phenoxy) is 1. The van der Waals surface area contributed by atoms with E-state index in [1.807, 2.05) is 20.8 Å². The first-order valence-electron chi connectivity index (χ1n) is 3.86. The quantitative estimate of drug-likeness (QED) is 0.462. The molecule has 0 amide bonds. The number of hydrogen-bond acceptors (Lipinski definition) is 2. The number of unbranched alkanes of at least 4 members (excludes halogenated alkanes) is 1. The molecule has 2 radical (unpaired) electrons. The van der Waals surface area contributed by atoms with Gasteiger partial charge in [-0.3, -0.25) is 4.79 Å². The first-order valence-corrected chi connectivity index (χ1v) is 3.86. The van der Waals surface area contributed by atoms with Crippen molar-refractivity contribution in [2.75, 3.05) is 6.61 Å². The van der Waals surface area contributed by atoms with Crippen molar-refractivity contribution in [1.82, 2.24) is 0 Å². The predicted molar refractivity (Wildman–Crippen MR) is 43.9 cm³/mol. The van der Waals surface area contributed by atoms with Gasteiger partial charge in [-0.05, 0) is 40.5 Å². The zero-order valence-corrected chi connectivity index (χ0v) is 7.52. The molecule has 0 unspecified atom stereocenters. The fourth-order valence-electron chi connectivity index (χ4n) is 0.465. The molecule has 0 fully saturated rings. The molecule has 0 saturated carbocycles. The fraction of sp³-hybridized carbons (Fsp3) is 0.778. The summed E-state index contributed by atoms with van der Waals surface area (Å²) in [4.78, 5) is 11.1. The molecular weight excluding hydrogens is 140 g/mol. The van der Waals surface area contributed by atoms with Crippen LogP contribution in [0.15, 0.2) is 0 Å². The van der Waals surface area contributed by atoms with Gasteiger partial charge in [-0.25, -0.2) is 0 Å². The van der Waals surface area contributed by atoms with Crippen LogP contribution in [0.5, 0.6) is 0 Å². The number of carbonyl (C=O) groups is 1. The Kier molecular flexibility index (Phi) is 4.16. The smallest absolute Gasteiger partial charge is 0.311 e. The van der Waals surface area contributed by atoms with Crippen molar-refractivity contribution >= 4 is 5.97 Å². The van der Waals surface area contributed by atoms with Crippen LogP contribution in [0.3, 0.4) is 0 Å². The van der Waals surface area contributed by atoms with Crippen molar-refractivity contribution in [3.63, 3.8) is 0 Å². The standard InChI is InChI=1S/C9H16O2/c1-5-6-7-11-8(10)9(2,3)4/h1H,5-7H2,2-4H3. The Morgan fingerprint density at radius 3 is 2.36 bits per heavy atom. The maximum Gasteiger partial charge on any atom is 0.311 e. The van der Waals surface area contributed by atoms with E-state index < -0.39 is 5.41 Å². The van der Waals surface area contributed by atoms with E-state index in [0.717, 1.165) is 6.42 Å². The van der Waals surface area contributed by atoms with Crippen LogP contribution in [0.1, 0.15) is 33.6 Å². The zero-order chi connectivity index (χ0) is 8.91. The molecule has 2 nitrogen and oxygen atoms in total. The summed E-state index contributed by atoms with van der Waals surface area (Å²) >= 11 is 0. The first kappa shape index (κ1) is 10.5. The second-order valence-electron chi connectivity index (χ2n) is 3.53. The molecule has 0 aromatic rings. The molecule has 0 saturated heterocycles. The van der Waals surface area contributed by atoms with Crippen molar-refractivity contribution in [3.8, 4) is 0 Å². The molecule has 0 rings (SSSR count). The van der Waals surface area contributed by atoms with E-state index in [1.54, 1.807) is 0 Å². The molecule has 0 atom stereocenters. The van der Waals surface area contributed by atoms with Gasteiger partial charge in [0, 0.05) is 0 Å². The Morgan fingerprint density at radius 1 is 1.45 bits per heavy atom. The molecule has 0 N–H and O–H groups in total. The molecular formula is C9H16O2. The summed E-state index contributed by atoms with van der Waals surface area (Å²) in [7, 11) is 0. The molecule has 0 aromatic carbocycles. The topological polar surface area (TPSA) is 26.3 Å². The monoisotopic (exact) mass is 156 g/mol. The van der Waals surface area contributed by atoms with Gasteiger partial charge in [-0.15, -0.1) is 0 Å². The minimum Gasteiger partial charge on any atom is -0.465 e. The summed E-state index contributed by atoms with van der Waals surface area (Å²) < 4.78 is 4.93. The first-order chi connectivity index (χ1) is 4.98. The summed E-state index contributed by atoms with van der Waals surface area (Å²) in [5, 5.41) is 0. The van der Waals surface area contributed by atoms with Crippen LogP contribution >= 0.6 is 0 Å². The van der Waals surface area contributed by atoms with E-state index in [4.69, 9.17) is 11.7 Å².